The number of methoxy groups -OCH3 is 1. The summed E-state index contributed by atoms with van der Waals surface area (Å²) >= 11 is 0. The molecule has 0 bridgehead atoms. The van der Waals surface area contributed by atoms with Crippen molar-refractivity contribution in [1.82, 2.24) is 19.1 Å². The van der Waals surface area contributed by atoms with E-state index < -0.39 is 0 Å². The van der Waals surface area contributed by atoms with Crippen molar-refractivity contribution in [2.45, 2.75) is 31.8 Å². The minimum absolute atomic E-state index is 0.151. The summed E-state index contributed by atoms with van der Waals surface area (Å²) in [6.45, 7) is 1.93. The average molecular weight is 304 g/mol. The predicted molar refractivity (Wildman–Crippen MR) is 80.7 cm³/mol. The van der Waals surface area contributed by atoms with E-state index in [1.807, 2.05) is 6.07 Å². The number of aromatic nitrogens is 3. The summed E-state index contributed by atoms with van der Waals surface area (Å²) in [5.41, 5.74) is 0.484. The number of pyridine rings is 1. The number of rotatable bonds is 4. The normalized spacial score (nSPS) is 19.4. The van der Waals surface area contributed by atoms with E-state index in [1.54, 1.807) is 18.3 Å². The molecule has 3 heterocycles. The van der Waals surface area contributed by atoms with E-state index in [0.29, 0.717) is 18.7 Å². The number of hydrogen-bond donors (Lipinski definition) is 0. The van der Waals surface area contributed by atoms with E-state index in [-0.39, 0.29) is 17.7 Å². The minimum Gasteiger partial charge on any atom is -0.468 e. The Kier molecular flexibility index (Phi) is 4.24. The van der Waals surface area contributed by atoms with Crippen LogP contribution in [-0.2, 0) is 16.1 Å². The van der Waals surface area contributed by atoms with Crippen molar-refractivity contribution in [2.24, 2.45) is 0 Å². The number of esters is 1. The lowest BCUT2D eigenvalue weighted by Crippen LogP contribution is -2.47. The second-order valence-corrected chi connectivity index (χ2v) is 5.51. The molecule has 7 nitrogen and oxygen atoms in total. The Hall–Kier alpha value is -2.15. The lowest BCUT2D eigenvalue weighted by Gasteiger charge is -2.33. The first-order valence-corrected chi connectivity index (χ1v) is 7.57. The molecule has 2 aromatic heterocycles. The van der Waals surface area contributed by atoms with Gasteiger partial charge < -0.3 is 4.74 Å². The Morgan fingerprint density at radius 3 is 3.00 bits per heavy atom. The zero-order chi connectivity index (χ0) is 15.5. The number of hydrogen-bond acceptors (Lipinski definition) is 5. The molecule has 22 heavy (non-hydrogen) atoms. The van der Waals surface area contributed by atoms with E-state index in [2.05, 4.69) is 10.00 Å². The van der Waals surface area contributed by atoms with Gasteiger partial charge in [0, 0.05) is 12.7 Å². The van der Waals surface area contributed by atoms with Gasteiger partial charge in [0.2, 0.25) is 0 Å². The number of piperidine rings is 1. The maximum absolute atomic E-state index is 12.2. The van der Waals surface area contributed by atoms with Gasteiger partial charge in [-0.25, -0.2) is 9.48 Å². The fourth-order valence-corrected chi connectivity index (χ4v) is 3.00. The minimum atomic E-state index is -0.202. The predicted octanol–water partition coefficient (Wildman–Crippen LogP) is 0.523. The van der Waals surface area contributed by atoms with Crippen LogP contribution in [0.2, 0.25) is 0 Å². The largest absolute Gasteiger partial charge is 0.468 e. The molecule has 118 valence electrons. The smallest absolute Gasteiger partial charge is 0.350 e. The van der Waals surface area contributed by atoms with Crippen LogP contribution in [0.1, 0.15) is 19.3 Å². The van der Waals surface area contributed by atoms with Gasteiger partial charge in [-0.15, -0.1) is 5.10 Å². The summed E-state index contributed by atoms with van der Waals surface area (Å²) < 4.78 is 7.85. The van der Waals surface area contributed by atoms with Gasteiger partial charge in [0.25, 0.3) is 0 Å². The molecular formula is C15H20N4O3. The first-order chi connectivity index (χ1) is 10.7. The zero-order valence-corrected chi connectivity index (χ0v) is 12.6. The second kappa shape index (κ2) is 6.31. The van der Waals surface area contributed by atoms with E-state index in [1.165, 1.54) is 16.2 Å². The summed E-state index contributed by atoms with van der Waals surface area (Å²) in [6, 6.07) is 5.25. The molecule has 0 saturated carbocycles. The maximum Gasteiger partial charge on any atom is 0.350 e. The number of ether oxygens (including phenoxy) is 1. The topological polar surface area (TPSA) is 68.8 Å². The van der Waals surface area contributed by atoms with E-state index in [4.69, 9.17) is 4.74 Å². The second-order valence-electron chi connectivity index (χ2n) is 5.51. The molecule has 0 unspecified atom stereocenters. The molecule has 0 aliphatic carbocycles. The van der Waals surface area contributed by atoms with Gasteiger partial charge in [-0.1, -0.05) is 12.5 Å². The van der Waals surface area contributed by atoms with E-state index in [0.717, 1.165) is 25.8 Å². The van der Waals surface area contributed by atoms with Crippen molar-refractivity contribution in [2.75, 3.05) is 20.2 Å². The maximum atomic E-state index is 12.2. The molecule has 1 aliphatic rings. The third kappa shape index (κ3) is 2.76. The van der Waals surface area contributed by atoms with Crippen molar-refractivity contribution in [1.29, 1.82) is 0 Å². The molecule has 0 radical (unpaired) electrons. The summed E-state index contributed by atoms with van der Waals surface area (Å²) in [7, 11) is 1.42. The fraction of sp³-hybridized carbons (Fsp3) is 0.533. The van der Waals surface area contributed by atoms with Crippen LogP contribution in [0.25, 0.3) is 5.65 Å². The van der Waals surface area contributed by atoms with Crippen molar-refractivity contribution >= 4 is 11.6 Å². The van der Waals surface area contributed by atoms with Crippen LogP contribution >= 0.6 is 0 Å². The molecule has 2 aromatic rings. The number of carbonyl (C=O) groups is 1. The van der Waals surface area contributed by atoms with Gasteiger partial charge in [-0.2, -0.15) is 0 Å². The molecule has 0 aromatic carbocycles. The number of carbonyl (C=O) groups excluding carboxylic acids is 1. The van der Waals surface area contributed by atoms with Gasteiger partial charge in [0.1, 0.15) is 6.04 Å². The van der Waals surface area contributed by atoms with Gasteiger partial charge in [-0.3, -0.25) is 14.1 Å². The molecular weight excluding hydrogens is 284 g/mol. The monoisotopic (exact) mass is 304 g/mol. The van der Waals surface area contributed by atoms with Crippen LogP contribution < -0.4 is 5.69 Å². The highest BCUT2D eigenvalue weighted by atomic mass is 16.5. The van der Waals surface area contributed by atoms with Gasteiger partial charge in [0.05, 0.1) is 13.7 Å². The Bertz CT molecular complexity index is 721. The van der Waals surface area contributed by atoms with Gasteiger partial charge in [0.15, 0.2) is 5.65 Å². The van der Waals surface area contributed by atoms with Crippen LogP contribution in [0.5, 0.6) is 0 Å². The molecule has 0 amide bonds. The highest BCUT2D eigenvalue weighted by molar-refractivity contribution is 5.75. The lowest BCUT2D eigenvalue weighted by molar-refractivity contribution is -0.148. The number of likely N-dealkylation sites (tertiary alicyclic amines) is 1. The Morgan fingerprint density at radius 1 is 1.36 bits per heavy atom. The van der Waals surface area contributed by atoms with E-state index >= 15 is 0 Å². The standard InChI is InChI=1S/C15H20N4O3/c1-22-14(20)12-6-2-4-8-17(12)10-11-19-15(21)18-9-5-3-7-13(18)16-19/h3,5,7,9,12H,2,4,6,8,10-11H2,1H3/t12-/m0/s1. The average Bonchev–Trinajstić information content (AvgIpc) is 2.89. The lowest BCUT2D eigenvalue weighted by atomic mass is 10.0. The fourth-order valence-electron chi connectivity index (χ4n) is 3.00. The molecule has 1 aliphatic heterocycles. The highest BCUT2D eigenvalue weighted by Crippen LogP contribution is 2.17. The quantitative estimate of drug-likeness (QED) is 0.771. The summed E-state index contributed by atoms with van der Waals surface area (Å²) in [4.78, 5) is 26.2. The summed E-state index contributed by atoms with van der Waals surface area (Å²) in [5, 5.41) is 4.31. The summed E-state index contributed by atoms with van der Waals surface area (Å²) in [5.74, 6) is -0.193. The van der Waals surface area contributed by atoms with Crippen LogP contribution in [-0.4, -0.2) is 51.3 Å². The SMILES string of the molecule is COC(=O)[C@@H]1CCCCN1CCn1nc2ccccn2c1=O. The van der Waals surface area contributed by atoms with E-state index in [9.17, 15) is 9.59 Å². The molecule has 7 heteroatoms. The van der Waals surface area contributed by atoms with Gasteiger partial charge >= 0.3 is 11.7 Å². The number of nitrogens with zero attached hydrogens (tertiary/aromatic N) is 4. The molecule has 0 spiro atoms. The third-order valence-corrected chi connectivity index (χ3v) is 4.17. The molecule has 3 rings (SSSR count). The Morgan fingerprint density at radius 2 is 2.23 bits per heavy atom. The van der Waals surface area contributed by atoms with Gasteiger partial charge in [-0.05, 0) is 31.5 Å². The highest BCUT2D eigenvalue weighted by Gasteiger charge is 2.29. The van der Waals surface area contributed by atoms with Crippen LogP contribution in [0.15, 0.2) is 29.2 Å². The van der Waals surface area contributed by atoms with Crippen molar-refractivity contribution in [3.05, 3.63) is 34.9 Å². The molecule has 1 atom stereocenters. The Balaban J connectivity index is 1.73. The third-order valence-electron chi connectivity index (χ3n) is 4.17. The van der Waals surface area contributed by atoms with Crippen LogP contribution in [0.3, 0.4) is 0 Å². The first kappa shape index (κ1) is 14.8. The number of fused-ring (bicyclic) bond motifs is 1. The molecule has 0 N–H and O–H groups in total. The zero-order valence-electron chi connectivity index (χ0n) is 12.6. The first-order valence-electron chi connectivity index (χ1n) is 7.57. The molecule has 1 saturated heterocycles. The van der Waals surface area contributed by atoms with Crippen LogP contribution in [0.4, 0.5) is 0 Å². The van der Waals surface area contributed by atoms with Crippen molar-refractivity contribution < 1.29 is 9.53 Å². The summed E-state index contributed by atoms with van der Waals surface area (Å²) in [6.07, 6.45) is 4.62. The Labute approximate surface area is 128 Å². The van der Waals surface area contributed by atoms with Crippen molar-refractivity contribution in [3.63, 3.8) is 0 Å². The molecule has 1 fully saturated rings. The van der Waals surface area contributed by atoms with Crippen molar-refractivity contribution in [3.8, 4) is 0 Å². The van der Waals surface area contributed by atoms with Crippen LogP contribution in [0, 0.1) is 0 Å².